The van der Waals surface area contributed by atoms with Crippen molar-refractivity contribution in [3.63, 3.8) is 0 Å². The van der Waals surface area contributed by atoms with Crippen LogP contribution in [0.4, 0.5) is 0 Å². The molecule has 1 aliphatic rings. The summed E-state index contributed by atoms with van der Waals surface area (Å²) in [5.74, 6) is 3.58. The van der Waals surface area contributed by atoms with Gasteiger partial charge in [0.2, 0.25) is 8.32 Å². The van der Waals surface area contributed by atoms with Gasteiger partial charge in [0.15, 0.2) is 0 Å². The summed E-state index contributed by atoms with van der Waals surface area (Å²) in [7, 11) is -1.70. The van der Waals surface area contributed by atoms with Gasteiger partial charge in [0.05, 0.1) is 4.58 Å². The first-order valence-corrected chi connectivity index (χ1v) is 11.8. The van der Waals surface area contributed by atoms with Crippen LogP contribution >= 0.6 is 23.5 Å². The van der Waals surface area contributed by atoms with Gasteiger partial charge in [-0.25, -0.2) is 0 Å². The Morgan fingerprint density at radius 2 is 1.58 bits per heavy atom. The number of hydrogen-bond acceptors (Lipinski definition) is 3. The zero-order chi connectivity index (χ0) is 14.1. The van der Waals surface area contributed by atoms with Crippen LogP contribution in [0, 0.1) is 0 Å². The molecule has 0 spiro atoms. The van der Waals surface area contributed by atoms with Gasteiger partial charge in [-0.2, -0.15) is 0 Å². The highest BCUT2D eigenvalue weighted by Gasteiger charge is 2.38. The average Bonchev–Trinajstić information content (AvgIpc) is 2.81. The van der Waals surface area contributed by atoms with Crippen molar-refractivity contribution in [2.24, 2.45) is 0 Å². The summed E-state index contributed by atoms with van der Waals surface area (Å²) in [4.78, 5) is 0. The molecule has 0 aliphatic carbocycles. The minimum Gasteiger partial charge on any atom is -0.544 e. The quantitative estimate of drug-likeness (QED) is 0.677. The van der Waals surface area contributed by atoms with Crippen LogP contribution in [0.15, 0.2) is 24.3 Å². The van der Waals surface area contributed by atoms with Crippen molar-refractivity contribution in [1.29, 1.82) is 0 Å². The highest BCUT2D eigenvalue weighted by atomic mass is 32.2. The first-order chi connectivity index (χ1) is 8.79. The summed E-state index contributed by atoms with van der Waals surface area (Å²) in [6.07, 6.45) is 0. The smallest absolute Gasteiger partial charge is 0.250 e. The average molecular weight is 313 g/mol. The number of thioether (sulfide) groups is 2. The van der Waals surface area contributed by atoms with Crippen molar-refractivity contribution in [2.45, 2.75) is 43.5 Å². The number of rotatable bonds is 3. The van der Waals surface area contributed by atoms with Crippen LogP contribution in [0.3, 0.4) is 0 Å². The minimum absolute atomic E-state index is 0.253. The molecule has 1 nitrogen and oxygen atoms in total. The molecule has 1 aromatic rings. The molecule has 0 N–H and O–H groups in total. The van der Waals surface area contributed by atoms with Gasteiger partial charge in [-0.3, -0.25) is 0 Å². The van der Waals surface area contributed by atoms with Gasteiger partial charge in [0.1, 0.15) is 5.75 Å². The summed E-state index contributed by atoms with van der Waals surface area (Å²) in [5.41, 5.74) is 1.43. The zero-order valence-corrected chi connectivity index (χ0v) is 15.2. The van der Waals surface area contributed by atoms with Crippen molar-refractivity contribution in [1.82, 2.24) is 0 Å². The second kappa shape index (κ2) is 5.74. The molecule has 4 heteroatoms. The van der Waals surface area contributed by atoms with E-state index in [1.165, 1.54) is 17.1 Å². The topological polar surface area (TPSA) is 9.23 Å². The lowest BCUT2D eigenvalue weighted by Crippen LogP contribution is -2.43. The summed E-state index contributed by atoms with van der Waals surface area (Å²) in [5, 5.41) is 0.253. The Bertz CT molecular complexity index is 417. The predicted molar refractivity (Wildman–Crippen MR) is 91.9 cm³/mol. The van der Waals surface area contributed by atoms with Crippen molar-refractivity contribution in [3.8, 4) is 5.75 Å². The van der Waals surface area contributed by atoms with Gasteiger partial charge in [0.25, 0.3) is 0 Å². The minimum atomic E-state index is -1.70. The molecule has 0 saturated carbocycles. The van der Waals surface area contributed by atoms with E-state index in [0.717, 1.165) is 5.75 Å². The zero-order valence-electron chi connectivity index (χ0n) is 12.5. The van der Waals surface area contributed by atoms with Crippen LogP contribution < -0.4 is 4.43 Å². The van der Waals surface area contributed by atoms with Gasteiger partial charge < -0.3 is 4.43 Å². The van der Waals surface area contributed by atoms with Crippen molar-refractivity contribution in [3.05, 3.63) is 29.8 Å². The third-order valence-corrected chi connectivity index (χ3v) is 11.4. The molecule has 1 heterocycles. The van der Waals surface area contributed by atoms with Crippen LogP contribution in [-0.2, 0) is 0 Å². The highest BCUT2D eigenvalue weighted by Crippen LogP contribution is 2.45. The predicted octanol–water partition coefficient (Wildman–Crippen LogP) is 5.55. The molecule has 0 bridgehead atoms. The van der Waals surface area contributed by atoms with E-state index in [1.54, 1.807) is 0 Å². The standard InChI is InChI=1S/C15H24OS2Si/c1-15(2,3)19(4,5)16-13-8-6-12(7-9-13)14-17-10-11-18-14/h6-9,14H,10-11H2,1-5H3. The molecule has 1 fully saturated rings. The molecule has 19 heavy (non-hydrogen) atoms. The fourth-order valence-corrected chi connectivity index (χ4v) is 5.58. The molecule has 106 valence electrons. The molecule has 0 amide bonds. The summed E-state index contributed by atoms with van der Waals surface area (Å²) in [6, 6.07) is 8.77. The molecule has 0 atom stereocenters. The van der Waals surface area contributed by atoms with Crippen LogP contribution in [0.2, 0.25) is 18.1 Å². The molecule has 2 rings (SSSR count). The Hall–Kier alpha value is -0.0631. The lowest BCUT2D eigenvalue weighted by molar-refractivity contribution is 0.492. The molecule has 1 aromatic carbocycles. The molecule has 0 radical (unpaired) electrons. The van der Waals surface area contributed by atoms with Gasteiger partial charge >= 0.3 is 0 Å². The third-order valence-electron chi connectivity index (χ3n) is 3.95. The molecule has 0 unspecified atom stereocenters. The summed E-state index contributed by atoms with van der Waals surface area (Å²) in [6.45, 7) is 11.4. The van der Waals surface area contributed by atoms with E-state index in [2.05, 4.69) is 58.1 Å². The van der Waals surface area contributed by atoms with E-state index >= 15 is 0 Å². The lowest BCUT2D eigenvalue weighted by atomic mass is 10.2. The maximum atomic E-state index is 6.31. The third kappa shape index (κ3) is 3.73. The van der Waals surface area contributed by atoms with E-state index in [0.29, 0.717) is 4.58 Å². The second-order valence-electron chi connectivity index (χ2n) is 6.50. The Labute approximate surface area is 127 Å². The Morgan fingerprint density at radius 3 is 2.05 bits per heavy atom. The maximum Gasteiger partial charge on any atom is 0.250 e. The van der Waals surface area contributed by atoms with Crippen LogP contribution in [0.5, 0.6) is 5.75 Å². The maximum absolute atomic E-state index is 6.31. The normalized spacial score (nSPS) is 17.7. The molecular weight excluding hydrogens is 288 g/mol. The summed E-state index contributed by atoms with van der Waals surface area (Å²) >= 11 is 4.10. The van der Waals surface area contributed by atoms with Gasteiger partial charge in [-0.15, -0.1) is 23.5 Å². The Kier molecular flexibility index (Phi) is 4.63. The Balaban J connectivity index is 2.06. The van der Waals surface area contributed by atoms with Crippen molar-refractivity contribution >= 4 is 31.8 Å². The van der Waals surface area contributed by atoms with E-state index < -0.39 is 8.32 Å². The molecule has 1 aliphatic heterocycles. The van der Waals surface area contributed by atoms with E-state index in [-0.39, 0.29) is 5.04 Å². The SMILES string of the molecule is CC(C)(C)[Si](C)(C)Oc1ccc(C2SCCS2)cc1. The lowest BCUT2D eigenvalue weighted by Gasteiger charge is -2.36. The second-order valence-corrected chi connectivity index (χ2v) is 14.0. The molecule has 0 aromatic heterocycles. The van der Waals surface area contributed by atoms with Gasteiger partial charge in [-0.05, 0) is 35.8 Å². The van der Waals surface area contributed by atoms with Crippen LogP contribution in [0.1, 0.15) is 30.9 Å². The van der Waals surface area contributed by atoms with Crippen LogP contribution in [0.25, 0.3) is 0 Å². The monoisotopic (exact) mass is 312 g/mol. The van der Waals surface area contributed by atoms with E-state index in [9.17, 15) is 0 Å². The van der Waals surface area contributed by atoms with Crippen LogP contribution in [-0.4, -0.2) is 19.8 Å². The van der Waals surface area contributed by atoms with Crippen molar-refractivity contribution in [2.75, 3.05) is 11.5 Å². The van der Waals surface area contributed by atoms with Gasteiger partial charge in [-0.1, -0.05) is 32.9 Å². The first-order valence-electron chi connectivity index (χ1n) is 6.82. The first kappa shape index (κ1) is 15.3. The summed E-state index contributed by atoms with van der Waals surface area (Å²) < 4.78 is 6.94. The number of benzene rings is 1. The molecular formula is C15H24OS2Si. The van der Waals surface area contributed by atoms with E-state index in [4.69, 9.17) is 4.43 Å². The number of hydrogen-bond donors (Lipinski definition) is 0. The van der Waals surface area contributed by atoms with E-state index in [1.807, 2.05) is 23.5 Å². The fraction of sp³-hybridized carbons (Fsp3) is 0.600. The fourth-order valence-electron chi connectivity index (χ4n) is 1.69. The van der Waals surface area contributed by atoms with Gasteiger partial charge in [0, 0.05) is 11.5 Å². The highest BCUT2D eigenvalue weighted by molar-refractivity contribution is 8.19. The van der Waals surface area contributed by atoms with Crippen molar-refractivity contribution < 1.29 is 4.43 Å². The Morgan fingerprint density at radius 1 is 1.05 bits per heavy atom. The molecule has 1 saturated heterocycles. The largest absolute Gasteiger partial charge is 0.544 e.